The van der Waals surface area contributed by atoms with Gasteiger partial charge in [0.25, 0.3) is 0 Å². The van der Waals surface area contributed by atoms with Crippen molar-refractivity contribution in [2.45, 2.75) is 25.3 Å². The number of rotatable bonds is 7. The molecule has 33 heavy (non-hydrogen) atoms. The number of carbonyl (C=O) groups is 3. The highest BCUT2D eigenvalue weighted by Gasteiger charge is 2.31. The fourth-order valence-electron chi connectivity index (χ4n) is 4.66. The van der Waals surface area contributed by atoms with Crippen molar-refractivity contribution < 1.29 is 24.2 Å². The number of amides is 2. The number of hydrogen-bond donors (Lipinski definition) is 2. The highest BCUT2D eigenvalue weighted by Crippen LogP contribution is 2.44. The van der Waals surface area contributed by atoms with Gasteiger partial charge >= 0.3 is 12.1 Å². The Kier molecular flexibility index (Phi) is 6.93. The molecule has 1 atom stereocenters. The van der Waals surface area contributed by atoms with Crippen molar-refractivity contribution in [2.24, 2.45) is 0 Å². The summed E-state index contributed by atoms with van der Waals surface area (Å²) in [4.78, 5) is 39.8. The van der Waals surface area contributed by atoms with E-state index in [4.69, 9.17) is 9.84 Å². The molecule has 0 radical (unpaired) electrons. The molecular weight excluding hydrogens is 422 g/mol. The highest BCUT2D eigenvalue weighted by atomic mass is 16.5. The maximum atomic E-state index is 12.9. The third-order valence-corrected chi connectivity index (χ3v) is 6.38. The van der Waals surface area contributed by atoms with Crippen LogP contribution < -0.4 is 5.32 Å². The molecular formula is C25H29N3O5. The highest BCUT2D eigenvalue weighted by molar-refractivity contribution is 5.86. The van der Waals surface area contributed by atoms with E-state index in [1.807, 2.05) is 31.2 Å². The third-order valence-electron chi connectivity index (χ3n) is 6.38. The molecule has 8 nitrogen and oxygen atoms in total. The standard InChI is InChI=1S/C25H29N3O5/c1-2-22(24(31)28-13-11-27(12-14-28)15-23(29)30)26-25(32)33-16-21-19-9-5-3-7-17(19)18-8-4-6-10-20(18)21/h3-10,21-22H,2,11-16H2,1H3,(H,26,32)(H,29,30)/t22-/m1/s1. The van der Waals surface area contributed by atoms with Crippen LogP contribution in [0.5, 0.6) is 0 Å². The van der Waals surface area contributed by atoms with Crippen molar-refractivity contribution in [3.63, 3.8) is 0 Å². The summed E-state index contributed by atoms with van der Waals surface area (Å²) in [6.07, 6.45) is -0.167. The van der Waals surface area contributed by atoms with Crippen molar-refractivity contribution >= 4 is 18.0 Å². The Morgan fingerprint density at radius 2 is 1.58 bits per heavy atom. The number of fused-ring (bicyclic) bond motifs is 3. The fourth-order valence-corrected chi connectivity index (χ4v) is 4.66. The van der Waals surface area contributed by atoms with Gasteiger partial charge in [-0.25, -0.2) is 4.79 Å². The van der Waals surface area contributed by atoms with Crippen molar-refractivity contribution in [2.75, 3.05) is 39.3 Å². The average molecular weight is 452 g/mol. The predicted molar refractivity (Wildman–Crippen MR) is 123 cm³/mol. The normalized spacial score (nSPS) is 16.6. The Morgan fingerprint density at radius 3 is 2.12 bits per heavy atom. The lowest BCUT2D eigenvalue weighted by atomic mass is 9.98. The number of hydrogen-bond acceptors (Lipinski definition) is 5. The predicted octanol–water partition coefficient (Wildman–Crippen LogP) is 2.53. The Bertz CT molecular complexity index is 987. The summed E-state index contributed by atoms with van der Waals surface area (Å²) in [6, 6.07) is 15.6. The van der Waals surface area contributed by atoms with Crippen molar-refractivity contribution in [1.82, 2.24) is 15.1 Å². The fraction of sp³-hybridized carbons (Fsp3) is 0.400. The van der Waals surface area contributed by atoms with Crippen molar-refractivity contribution in [1.29, 1.82) is 0 Å². The molecule has 0 unspecified atom stereocenters. The van der Waals surface area contributed by atoms with Gasteiger partial charge in [-0.1, -0.05) is 55.5 Å². The zero-order valence-electron chi connectivity index (χ0n) is 18.7. The van der Waals surface area contributed by atoms with Crippen LogP contribution in [0.3, 0.4) is 0 Å². The Morgan fingerprint density at radius 1 is 1.00 bits per heavy atom. The number of aliphatic carboxylic acids is 1. The average Bonchev–Trinajstić information content (AvgIpc) is 3.14. The molecule has 0 aromatic heterocycles. The van der Waals surface area contributed by atoms with Crippen molar-refractivity contribution in [3.8, 4) is 11.1 Å². The number of carboxylic acids is 1. The Balaban J connectivity index is 1.33. The second-order valence-electron chi connectivity index (χ2n) is 8.43. The molecule has 1 aliphatic heterocycles. The first-order valence-corrected chi connectivity index (χ1v) is 11.3. The summed E-state index contributed by atoms with van der Waals surface area (Å²) < 4.78 is 5.58. The lowest BCUT2D eigenvalue weighted by molar-refractivity contribution is -0.139. The minimum absolute atomic E-state index is 0.0305. The molecule has 2 N–H and O–H groups in total. The largest absolute Gasteiger partial charge is 0.480 e. The molecule has 2 aromatic rings. The second-order valence-corrected chi connectivity index (χ2v) is 8.43. The molecule has 1 fully saturated rings. The zero-order valence-corrected chi connectivity index (χ0v) is 18.7. The molecule has 2 amide bonds. The number of nitrogens with one attached hydrogen (secondary N) is 1. The smallest absolute Gasteiger partial charge is 0.407 e. The molecule has 1 saturated heterocycles. The second kappa shape index (κ2) is 10.0. The summed E-state index contributed by atoms with van der Waals surface area (Å²) in [6.45, 7) is 3.88. The van der Waals surface area contributed by atoms with Gasteiger partial charge < -0.3 is 20.1 Å². The summed E-state index contributed by atoms with van der Waals surface area (Å²) in [7, 11) is 0. The number of nitrogens with zero attached hydrogens (tertiary/aromatic N) is 2. The minimum atomic E-state index is -0.877. The third kappa shape index (κ3) is 5.01. The Labute approximate surface area is 193 Å². The number of piperazine rings is 1. The van der Waals surface area contributed by atoms with Gasteiger partial charge in [0.2, 0.25) is 5.91 Å². The van der Waals surface area contributed by atoms with E-state index in [1.165, 1.54) is 0 Å². The van der Waals surface area contributed by atoms with E-state index in [-0.39, 0.29) is 25.0 Å². The van der Waals surface area contributed by atoms with E-state index in [2.05, 4.69) is 29.6 Å². The summed E-state index contributed by atoms with van der Waals surface area (Å²) in [5.74, 6) is -1.08. The van der Waals surface area contributed by atoms with E-state index < -0.39 is 18.1 Å². The van der Waals surface area contributed by atoms with Crippen LogP contribution >= 0.6 is 0 Å². The first kappa shape index (κ1) is 22.8. The number of carboxylic acid groups (broad SMARTS) is 1. The van der Waals surface area contributed by atoms with E-state index >= 15 is 0 Å². The molecule has 2 aliphatic rings. The SMILES string of the molecule is CC[C@@H](NC(=O)OCC1c2ccccc2-c2ccccc21)C(=O)N1CCN(CC(=O)O)CC1. The van der Waals surface area contributed by atoms with Gasteiger partial charge in [-0.15, -0.1) is 0 Å². The molecule has 1 heterocycles. The van der Waals surface area contributed by atoms with Crippen LogP contribution in [0.25, 0.3) is 11.1 Å². The molecule has 2 aromatic carbocycles. The van der Waals surface area contributed by atoms with Crippen LogP contribution in [-0.4, -0.2) is 78.2 Å². The number of benzene rings is 2. The molecule has 0 bridgehead atoms. The lowest BCUT2D eigenvalue weighted by Crippen LogP contribution is -2.55. The summed E-state index contributed by atoms with van der Waals surface area (Å²) in [5, 5.41) is 11.6. The van der Waals surface area contributed by atoms with Crippen molar-refractivity contribution in [3.05, 3.63) is 59.7 Å². The van der Waals surface area contributed by atoms with Crippen LogP contribution in [-0.2, 0) is 14.3 Å². The Hall–Kier alpha value is -3.39. The minimum Gasteiger partial charge on any atom is -0.480 e. The number of carbonyl (C=O) groups excluding carboxylic acids is 2. The first-order chi connectivity index (χ1) is 16.0. The van der Waals surface area contributed by atoms with Gasteiger partial charge in [-0.3, -0.25) is 14.5 Å². The topological polar surface area (TPSA) is 99.2 Å². The maximum Gasteiger partial charge on any atom is 0.407 e. The quantitative estimate of drug-likeness (QED) is 0.671. The van der Waals surface area contributed by atoms with E-state index in [1.54, 1.807) is 9.80 Å². The van der Waals surface area contributed by atoms with E-state index in [9.17, 15) is 14.4 Å². The van der Waals surface area contributed by atoms with Crippen LogP contribution in [0.2, 0.25) is 0 Å². The molecule has 0 spiro atoms. The molecule has 0 saturated carbocycles. The van der Waals surface area contributed by atoms with Gasteiger partial charge in [-0.2, -0.15) is 0 Å². The van der Waals surface area contributed by atoms with Gasteiger partial charge in [0.05, 0.1) is 6.54 Å². The summed E-state index contributed by atoms with van der Waals surface area (Å²) >= 11 is 0. The van der Waals surface area contributed by atoms with E-state index in [0.717, 1.165) is 22.3 Å². The molecule has 174 valence electrons. The van der Waals surface area contributed by atoms with E-state index in [0.29, 0.717) is 32.6 Å². The first-order valence-electron chi connectivity index (χ1n) is 11.3. The maximum absolute atomic E-state index is 12.9. The lowest BCUT2D eigenvalue weighted by Gasteiger charge is -2.35. The van der Waals surface area contributed by atoms with Gasteiger partial charge in [-0.05, 0) is 28.7 Å². The number of ether oxygens (including phenoxy) is 1. The van der Waals surface area contributed by atoms with Crippen LogP contribution in [0.15, 0.2) is 48.5 Å². The van der Waals surface area contributed by atoms with Crippen LogP contribution in [0, 0.1) is 0 Å². The van der Waals surface area contributed by atoms with Gasteiger partial charge in [0.15, 0.2) is 0 Å². The molecule has 8 heteroatoms. The van der Waals surface area contributed by atoms with Crippen LogP contribution in [0.4, 0.5) is 4.79 Å². The molecule has 1 aliphatic carbocycles. The zero-order chi connectivity index (χ0) is 23.4. The molecule has 4 rings (SSSR count). The van der Waals surface area contributed by atoms with Gasteiger partial charge in [0.1, 0.15) is 12.6 Å². The van der Waals surface area contributed by atoms with Gasteiger partial charge in [0, 0.05) is 32.1 Å². The number of alkyl carbamates (subject to hydrolysis) is 1. The monoisotopic (exact) mass is 451 g/mol. The van der Waals surface area contributed by atoms with Crippen LogP contribution in [0.1, 0.15) is 30.4 Å². The summed E-state index contributed by atoms with van der Waals surface area (Å²) in [5.41, 5.74) is 4.58.